The molecule has 0 aliphatic rings. The topological polar surface area (TPSA) is 67.8 Å². The Morgan fingerprint density at radius 2 is 1.54 bits per heavy atom. The van der Waals surface area contributed by atoms with E-state index in [0.717, 1.165) is 31.8 Å². The van der Waals surface area contributed by atoms with Crippen LogP contribution in [0.15, 0.2) is 118 Å². The van der Waals surface area contributed by atoms with E-state index in [2.05, 4.69) is 50.1 Å². The molecule has 0 radical (unpaired) electrons. The molecular weight excluding hydrogens is 524 g/mol. The number of rotatable bonds is 7. The molecular formula is C28H21BrN2O3S. The predicted molar refractivity (Wildman–Crippen MR) is 144 cm³/mol. The number of fused-ring (bicyclic) bond motifs is 2. The van der Waals surface area contributed by atoms with Gasteiger partial charge in [-0.15, -0.1) is 0 Å². The first-order valence-electron chi connectivity index (χ1n) is 10.9. The number of hydrogen-bond acceptors (Lipinski definition) is 4. The summed E-state index contributed by atoms with van der Waals surface area (Å²) < 4.78 is 32.1. The molecule has 7 heteroatoms. The fourth-order valence-corrected chi connectivity index (χ4v) is 5.18. The molecule has 0 amide bonds. The van der Waals surface area contributed by atoms with Gasteiger partial charge in [-0.1, -0.05) is 72.8 Å². The van der Waals surface area contributed by atoms with Crippen molar-refractivity contribution in [1.29, 1.82) is 0 Å². The van der Waals surface area contributed by atoms with E-state index < -0.39 is 10.0 Å². The Labute approximate surface area is 212 Å². The fourth-order valence-electron chi connectivity index (χ4n) is 3.85. The lowest BCUT2D eigenvalue weighted by Crippen LogP contribution is -2.18. The Morgan fingerprint density at radius 3 is 2.37 bits per heavy atom. The second-order valence-corrected chi connectivity index (χ2v) is 10.5. The average molecular weight is 545 g/mol. The van der Waals surface area contributed by atoms with Gasteiger partial charge < -0.3 is 4.74 Å². The van der Waals surface area contributed by atoms with Gasteiger partial charge in [-0.25, -0.2) is 4.83 Å². The van der Waals surface area contributed by atoms with Crippen molar-refractivity contribution in [3.05, 3.63) is 119 Å². The molecule has 0 aliphatic carbocycles. The zero-order valence-electron chi connectivity index (χ0n) is 18.6. The Kier molecular flexibility index (Phi) is 6.53. The predicted octanol–water partition coefficient (Wildman–Crippen LogP) is 6.65. The third-order valence-electron chi connectivity index (χ3n) is 5.64. The average Bonchev–Trinajstić information content (AvgIpc) is 2.88. The summed E-state index contributed by atoms with van der Waals surface area (Å²) in [5.41, 5.74) is 1.82. The molecule has 0 heterocycles. The largest absolute Gasteiger partial charge is 0.488 e. The Morgan fingerprint density at radius 1 is 0.800 bits per heavy atom. The van der Waals surface area contributed by atoms with E-state index in [4.69, 9.17) is 4.74 Å². The molecule has 0 bridgehead atoms. The van der Waals surface area contributed by atoms with Gasteiger partial charge in [0.2, 0.25) is 0 Å². The normalized spacial score (nSPS) is 11.8. The molecule has 0 atom stereocenters. The fraction of sp³-hybridized carbons (Fsp3) is 0.0357. The summed E-state index contributed by atoms with van der Waals surface area (Å²) in [5, 5.41) is 8.10. The summed E-state index contributed by atoms with van der Waals surface area (Å²) in [6.45, 7) is 0.430. The van der Waals surface area contributed by atoms with Gasteiger partial charge in [0, 0.05) is 0 Å². The second-order valence-electron chi connectivity index (χ2n) is 7.98. The second kappa shape index (κ2) is 9.90. The van der Waals surface area contributed by atoms with Crippen molar-refractivity contribution in [2.24, 2.45) is 5.10 Å². The van der Waals surface area contributed by atoms with Crippen LogP contribution in [0.1, 0.15) is 11.1 Å². The van der Waals surface area contributed by atoms with Crippen LogP contribution in [-0.4, -0.2) is 14.6 Å². The van der Waals surface area contributed by atoms with Crippen molar-refractivity contribution in [3.8, 4) is 5.75 Å². The molecule has 5 rings (SSSR count). The quantitative estimate of drug-likeness (QED) is 0.184. The first kappa shape index (κ1) is 23.1. The van der Waals surface area contributed by atoms with Crippen molar-refractivity contribution < 1.29 is 13.2 Å². The van der Waals surface area contributed by atoms with Crippen LogP contribution in [0.5, 0.6) is 5.75 Å². The first-order valence-corrected chi connectivity index (χ1v) is 13.2. The Balaban J connectivity index is 1.26. The molecule has 0 saturated carbocycles. The maximum Gasteiger partial charge on any atom is 0.276 e. The van der Waals surface area contributed by atoms with Crippen molar-refractivity contribution in [2.75, 3.05) is 0 Å². The maximum atomic E-state index is 12.6. The summed E-state index contributed by atoms with van der Waals surface area (Å²) in [5.74, 6) is 0.687. The number of benzene rings is 5. The minimum absolute atomic E-state index is 0.159. The van der Waals surface area contributed by atoms with Crippen LogP contribution in [0.4, 0.5) is 0 Å². The molecule has 5 aromatic rings. The van der Waals surface area contributed by atoms with Gasteiger partial charge in [0.25, 0.3) is 10.0 Å². The first-order chi connectivity index (χ1) is 17.0. The van der Waals surface area contributed by atoms with Crippen LogP contribution < -0.4 is 9.57 Å². The van der Waals surface area contributed by atoms with E-state index in [9.17, 15) is 8.42 Å². The summed E-state index contributed by atoms with van der Waals surface area (Å²) in [6, 6.07) is 32.4. The highest BCUT2D eigenvalue weighted by Crippen LogP contribution is 2.28. The number of halogens is 1. The van der Waals surface area contributed by atoms with Crippen LogP contribution in [0.25, 0.3) is 21.5 Å². The molecule has 0 aromatic heterocycles. The number of hydrazone groups is 1. The van der Waals surface area contributed by atoms with Gasteiger partial charge in [0.05, 0.1) is 15.6 Å². The van der Waals surface area contributed by atoms with Crippen molar-refractivity contribution in [3.63, 3.8) is 0 Å². The lowest BCUT2D eigenvalue weighted by molar-refractivity contribution is 0.305. The molecule has 5 nitrogen and oxygen atoms in total. The molecule has 0 saturated heterocycles. The van der Waals surface area contributed by atoms with Gasteiger partial charge in [0.15, 0.2) is 0 Å². The number of nitrogens with one attached hydrogen (secondary N) is 1. The van der Waals surface area contributed by atoms with E-state index >= 15 is 0 Å². The molecule has 0 aliphatic heterocycles. The zero-order chi connectivity index (χ0) is 24.3. The van der Waals surface area contributed by atoms with Crippen LogP contribution in [0.2, 0.25) is 0 Å². The Hall–Kier alpha value is -3.68. The standard InChI is InChI=1S/C28H21BrN2O3S/c29-27-16-20(12-15-28(27)34-19-24-10-5-9-22-7-3-4-11-26(22)24)18-30-31-35(32,33)25-14-13-21-6-1-2-8-23(21)17-25/h1-18,31H,19H2/b30-18-. The van der Waals surface area contributed by atoms with Crippen molar-refractivity contribution >= 4 is 53.7 Å². The molecule has 174 valence electrons. The maximum absolute atomic E-state index is 12.6. The van der Waals surface area contributed by atoms with E-state index in [1.807, 2.05) is 60.7 Å². The minimum Gasteiger partial charge on any atom is -0.488 e. The van der Waals surface area contributed by atoms with Crippen LogP contribution in [0, 0.1) is 0 Å². The lowest BCUT2D eigenvalue weighted by Gasteiger charge is -2.11. The van der Waals surface area contributed by atoms with Crippen LogP contribution in [-0.2, 0) is 16.6 Å². The van der Waals surface area contributed by atoms with Gasteiger partial charge >= 0.3 is 0 Å². The molecule has 5 aromatic carbocycles. The van der Waals surface area contributed by atoms with Gasteiger partial charge in [-0.2, -0.15) is 13.5 Å². The lowest BCUT2D eigenvalue weighted by atomic mass is 10.1. The summed E-state index contributed by atoms with van der Waals surface area (Å²) in [4.78, 5) is 2.44. The Bertz CT molecular complexity index is 1660. The smallest absolute Gasteiger partial charge is 0.276 e. The number of hydrogen-bond donors (Lipinski definition) is 1. The molecule has 0 fully saturated rings. The molecule has 1 N–H and O–H groups in total. The monoisotopic (exact) mass is 544 g/mol. The third-order valence-corrected chi connectivity index (χ3v) is 7.48. The molecule has 0 unspecified atom stereocenters. The number of nitrogens with zero attached hydrogens (tertiary/aromatic N) is 1. The summed E-state index contributed by atoms with van der Waals surface area (Å²) in [7, 11) is -3.78. The number of ether oxygens (including phenoxy) is 1. The SMILES string of the molecule is O=S(=O)(N/N=C\c1ccc(OCc2cccc3ccccc23)c(Br)c1)c1ccc2ccccc2c1. The summed E-state index contributed by atoms with van der Waals surface area (Å²) in [6.07, 6.45) is 1.46. The third kappa shape index (κ3) is 5.21. The van der Waals surface area contributed by atoms with Gasteiger partial charge in [-0.05, 0) is 78.9 Å². The zero-order valence-corrected chi connectivity index (χ0v) is 21.0. The summed E-state index contributed by atoms with van der Waals surface area (Å²) >= 11 is 3.54. The number of sulfonamides is 1. The highest BCUT2D eigenvalue weighted by molar-refractivity contribution is 9.10. The van der Waals surface area contributed by atoms with Gasteiger partial charge in [0.1, 0.15) is 12.4 Å². The highest BCUT2D eigenvalue weighted by Gasteiger charge is 2.13. The van der Waals surface area contributed by atoms with Gasteiger partial charge in [-0.3, -0.25) is 0 Å². The molecule has 35 heavy (non-hydrogen) atoms. The molecule has 0 spiro atoms. The highest BCUT2D eigenvalue weighted by atomic mass is 79.9. The van der Waals surface area contributed by atoms with Crippen molar-refractivity contribution in [1.82, 2.24) is 4.83 Å². The minimum atomic E-state index is -3.78. The van der Waals surface area contributed by atoms with E-state index in [0.29, 0.717) is 12.4 Å². The van der Waals surface area contributed by atoms with Crippen LogP contribution in [0.3, 0.4) is 0 Å². The van der Waals surface area contributed by atoms with E-state index in [1.165, 1.54) is 11.6 Å². The van der Waals surface area contributed by atoms with Crippen molar-refractivity contribution in [2.45, 2.75) is 11.5 Å². The van der Waals surface area contributed by atoms with E-state index in [1.54, 1.807) is 18.2 Å². The van der Waals surface area contributed by atoms with E-state index in [-0.39, 0.29) is 4.90 Å². The van der Waals surface area contributed by atoms with Crippen LogP contribution >= 0.6 is 15.9 Å².